The molecule has 0 atom stereocenters. The van der Waals surface area contributed by atoms with E-state index in [9.17, 15) is 0 Å². The van der Waals surface area contributed by atoms with Gasteiger partial charge in [0.15, 0.2) is 0 Å². The predicted octanol–water partition coefficient (Wildman–Crippen LogP) is 3.99. The Labute approximate surface area is 122 Å². The molecule has 0 saturated heterocycles. The van der Waals surface area contributed by atoms with Crippen LogP contribution in [0.3, 0.4) is 0 Å². The second kappa shape index (κ2) is 7.26. The van der Waals surface area contributed by atoms with Crippen molar-refractivity contribution in [2.24, 2.45) is 0 Å². The summed E-state index contributed by atoms with van der Waals surface area (Å²) in [7, 11) is 0. The van der Waals surface area contributed by atoms with E-state index in [-0.39, 0.29) is 0 Å². The molecule has 2 aromatic rings. The van der Waals surface area contributed by atoms with Crippen LogP contribution in [0.15, 0.2) is 47.1 Å². The van der Waals surface area contributed by atoms with Gasteiger partial charge in [0.2, 0.25) is 0 Å². The molecule has 0 aliphatic rings. The van der Waals surface area contributed by atoms with Crippen LogP contribution in [0, 0.1) is 0 Å². The summed E-state index contributed by atoms with van der Waals surface area (Å²) in [6, 6.07) is 12.0. The van der Waals surface area contributed by atoms with Gasteiger partial charge in [0.05, 0.1) is 18.9 Å². The highest BCUT2D eigenvalue weighted by Gasteiger charge is 2.00. The second-order valence-corrected chi connectivity index (χ2v) is 5.00. The molecule has 1 N–H and O–H groups in total. The molecule has 0 amide bonds. The van der Waals surface area contributed by atoms with E-state index in [0.29, 0.717) is 13.2 Å². The van der Waals surface area contributed by atoms with Gasteiger partial charge < -0.3 is 10.1 Å². The summed E-state index contributed by atoms with van der Waals surface area (Å²) in [6.07, 6.45) is 1.80. The molecular formula is C15H17BrN2O. The highest BCUT2D eigenvalue weighted by Crippen LogP contribution is 2.17. The zero-order valence-corrected chi connectivity index (χ0v) is 12.5. The first kappa shape index (κ1) is 14.0. The lowest BCUT2D eigenvalue weighted by atomic mass is 10.2. The molecule has 0 bridgehead atoms. The SMILES string of the molecule is CCNc1ccnc(COCc2ccccc2Br)c1. The van der Waals surface area contributed by atoms with E-state index in [0.717, 1.165) is 28.0 Å². The maximum absolute atomic E-state index is 5.70. The van der Waals surface area contributed by atoms with E-state index in [4.69, 9.17) is 4.74 Å². The highest BCUT2D eigenvalue weighted by atomic mass is 79.9. The van der Waals surface area contributed by atoms with Crippen LogP contribution in [0.5, 0.6) is 0 Å². The van der Waals surface area contributed by atoms with Crippen LogP contribution in [0.1, 0.15) is 18.2 Å². The minimum absolute atomic E-state index is 0.514. The molecule has 1 heterocycles. The van der Waals surface area contributed by atoms with Gasteiger partial charge >= 0.3 is 0 Å². The lowest BCUT2D eigenvalue weighted by molar-refractivity contribution is 0.104. The summed E-state index contributed by atoms with van der Waals surface area (Å²) in [5.41, 5.74) is 3.16. The van der Waals surface area contributed by atoms with Crippen molar-refractivity contribution >= 4 is 21.6 Å². The van der Waals surface area contributed by atoms with Gasteiger partial charge in [-0.3, -0.25) is 4.98 Å². The van der Waals surface area contributed by atoms with E-state index in [1.165, 1.54) is 0 Å². The van der Waals surface area contributed by atoms with Crippen LogP contribution in [-0.2, 0) is 18.0 Å². The normalized spacial score (nSPS) is 10.4. The Morgan fingerprint density at radius 2 is 2.05 bits per heavy atom. The van der Waals surface area contributed by atoms with Crippen molar-refractivity contribution in [2.45, 2.75) is 20.1 Å². The smallest absolute Gasteiger partial charge is 0.0893 e. The van der Waals surface area contributed by atoms with E-state index in [2.05, 4.69) is 33.2 Å². The zero-order chi connectivity index (χ0) is 13.5. The van der Waals surface area contributed by atoms with Crippen LogP contribution in [0.2, 0.25) is 0 Å². The van der Waals surface area contributed by atoms with Gasteiger partial charge in [0.25, 0.3) is 0 Å². The summed E-state index contributed by atoms with van der Waals surface area (Å²) in [6.45, 7) is 4.07. The fourth-order valence-electron chi connectivity index (χ4n) is 1.75. The van der Waals surface area contributed by atoms with Crippen LogP contribution < -0.4 is 5.32 Å². The van der Waals surface area contributed by atoms with Gasteiger partial charge in [0, 0.05) is 22.9 Å². The number of benzene rings is 1. The molecule has 0 saturated carbocycles. The first-order valence-electron chi connectivity index (χ1n) is 6.29. The largest absolute Gasteiger partial charge is 0.385 e. The number of ether oxygens (including phenoxy) is 1. The summed E-state index contributed by atoms with van der Waals surface area (Å²) < 4.78 is 6.77. The number of halogens is 1. The molecule has 100 valence electrons. The van der Waals surface area contributed by atoms with Crippen molar-refractivity contribution < 1.29 is 4.74 Å². The van der Waals surface area contributed by atoms with Crippen molar-refractivity contribution in [3.05, 3.63) is 58.3 Å². The fourth-order valence-corrected chi connectivity index (χ4v) is 2.15. The van der Waals surface area contributed by atoms with Crippen LogP contribution in [0.25, 0.3) is 0 Å². The van der Waals surface area contributed by atoms with Crippen LogP contribution in [0.4, 0.5) is 5.69 Å². The third kappa shape index (κ3) is 4.33. The van der Waals surface area contributed by atoms with Gasteiger partial charge in [-0.2, -0.15) is 0 Å². The average molecular weight is 321 g/mol. The van der Waals surface area contributed by atoms with E-state index >= 15 is 0 Å². The van der Waals surface area contributed by atoms with E-state index in [1.54, 1.807) is 6.20 Å². The molecule has 0 fully saturated rings. The van der Waals surface area contributed by atoms with Gasteiger partial charge in [0.1, 0.15) is 0 Å². The minimum Gasteiger partial charge on any atom is -0.385 e. The molecule has 0 unspecified atom stereocenters. The lowest BCUT2D eigenvalue weighted by Gasteiger charge is -2.08. The molecule has 4 heteroatoms. The molecule has 0 aliphatic carbocycles. The average Bonchev–Trinajstić information content (AvgIpc) is 2.42. The van der Waals surface area contributed by atoms with Crippen LogP contribution >= 0.6 is 15.9 Å². The number of hydrogen-bond donors (Lipinski definition) is 1. The van der Waals surface area contributed by atoms with Crippen molar-refractivity contribution in [1.29, 1.82) is 0 Å². The van der Waals surface area contributed by atoms with Gasteiger partial charge in [-0.05, 0) is 30.7 Å². The Bertz CT molecular complexity index is 531. The first-order chi connectivity index (χ1) is 9.29. The quantitative estimate of drug-likeness (QED) is 0.873. The first-order valence-corrected chi connectivity index (χ1v) is 7.09. The van der Waals surface area contributed by atoms with Gasteiger partial charge in [-0.15, -0.1) is 0 Å². The monoisotopic (exact) mass is 320 g/mol. The molecular weight excluding hydrogens is 304 g/mol. The molecule has 0 spiro atoms. The third-order valence-electron chi connectivity index (χ3n) is 2.66. The summed E-state index contributed by atoms with van der Waals surface area (Å²) >= 11 is 3.51. The third-order valence-corrected chi connectivity index (χ3v) is 3.44. The Morgan fingerprint density at radius 1 is 1.21 bits per heavy atom. The molecule has 1 aromatic carbocycles. The van der Waals surface area contributed by atoms with Crippen molar-refractivity contribution in [1.82, 2.24) is 4.98 Å². The summed E-state index contributed by atoms with van der Waals surface area (Å²) in [5.74, 6) is 0. The zero-order valence-electron chi connectivity index (χ0n) is 10.9. The number of anilines is 1. The lowest BCUT2D eigenvalue weighted by Crippen LogP contribution is -2.00. The maximum Gasteiger partial charge on any atom is 0.0893 e. The Kier molecular flexibility index (Phi) is 5.36. The molecule has 3 nitrogen and oxygen atoms in total. The number of nitrogens with zero attached hydrogens (tertiary/aromatic N) is 1. The second-order valence-electron chi connectivity index (χ2n) is 4.15. The number of hydrogen-bond acceptors (Lipinski definition) is 3. The van der Waals surface area contributed by atoms with Crippen LogP contribution in [-0.4, -0.2) is 11.5 Å². The van der Waals surface area contributed by atoms with Gasteiger partial charge in [-0.1, -0.05) is 34.1 Å². The molecule has 19 heavy (non-hydrogen) atoms. The molecule has 2 rings (SSSR count). The predicted molar refractivity (Wildman–Crippen MR) is 81.0 cm³/mol. The van der Waals surface area contributed by atoms with Crippen molar-refractivity contribution in [3.63, 3.8) is 0 Å². The fraction of sp³-hybridized carbons (Fsp3) is 0.267. The molecule has 0 aliphatic heterocycles. The van der Waals surface area contributed by atoms with Gasteiger partial charge in [-0.25, -0.2) is 0 Å². The standard InChI is InChI=1S/C15H17BrN2O/c1-2-17-13-7-8-18-14(9-13)11-19-10-12-5-3-4-6-15(12)16/h3-9H,2,10-11H2,1H3,(H,17,18). The number of aromatic nitrogens is 1. The van der Waals surface area contributed by atoms with Crippen molar-refractivity contribution in [3.8, 4) is 0 Å². The topological polar surface area (TPSA) is 34.2 Å². The highest BCUT2D eigenvalue weighted by molar-refractivity contribution is 9.10. The molecule has 1 aromatic heterocycles. The summed E-state index contributed by atoms with van der Waals surface area (Å²) in [4.78, 5) is 4.30. The number of pyridine rings is 1. The number of nitrogens with one attached hydrogen (secondary N) is 1. The molecule has 0 radical (unpaired) electrons. The van der Waals surface area contributed by atoms with Crippen molar-refractivity contribution in [2.75, 3.05) is 11.9 Å². The van der Waals surface area contributed by atoms with E-state index in [1.807, 2.05) is 36.4 Å². The Balaban J connectivity index is 1.89. The summed E-state index contributed by atoms with van der Waals surface area (Å²) in [5, 5.41) is 3.26. The minimum atomic E-state index is 0.514. The Morgan fingerprint density at radius 3 is 2.84 bits per heavy atom. The Hall–Kier alpha value is -1.39. The number of rotatable bonds is 6. The maximum atomic E-state index is 5.70. The van der Waals surface area contributed by atoms with E-state index < -0.39 is 0 Å².